The first-order valence-electron chi connectivity index (χ1n) is 8.80. The summed E-state index contributed by atoms with van der Waals surface area (Å²) in [5.74, 6) is 5.73. The highest BCUT2D eigenvalue weighted by Crippen LogP contribution is 2.65. The van der Waals surface area contributed by atoms with E-state index in [1.165, 1.54) is 44.9 Å². The summed E-state index contributed by atoms with van der Waals surface area (Å²) in [4.78, 5) is 0. The molecule has 0 aromatic carbocycles. The number of hydrogen-bond donors (Lipinski definition) is 1. The molecule has 0 aromatic heterocycles. The fourth-order valence-corrected chi connectivity index (χ4v) is 6.98. The zero-order chi connectivity index (χ0) is 13.2. The average Bonchev–Trinajstić information content (AvgIpc) is 2.97. The third kappa shape index (κ3) is 1.76. The van der Waals surface area contributed by atoms with Crippen molar-refractivity contribution in [2.24, 2.45) is 41.4 Å². The van der Waals surface area contributed by atoms with Crippen LogP contribution in [0, 0.1) is 41.4 Å². The van der Waals surface area contributed by atoms with Gasteiger partial charge < -0.3 is 5.11 Å². The first-order valence-corrected chi connectivity index (χ1v) is 8.80. The number of rotatable bonds is 1. The maximum Gasteiger partial charge on any atom is 0.0709 e. The molecule has 7 unspecified atom stereocenters. The van der Waals surface area contributed by atoms with E-state index in [1.54, 1.807) is 0 Å². The van der Waals surface area contributed by atoms with Gasteiger partial charge in [-0.2, -0.15) is 0 Å². The van der Waals surface area contributed by atoms with Crippen LogP contribution in [0.4, 0.5) is 0 Å². The molecule has 19 heavy (non-hydrogen) atoms. The summed E-state index contributed by atoms with van der Waals surface area (Å²) in [6, 6.07) is 0. The third-order valence-corrected chi connectivity index (χ3v) is 7.42. The molecule has 0 amide bonds. The summed E-state index contributed by atoms with van der Waals surface area (Å²) in [5.41, 5.74) is -0.265. The second-order valence-electron chi connectivity index (χ2n) is 8.67. The topological polar surface area (TPSA) is 20.2 Å². The summed E-state index contributed by atoms with van der Waals surface area (Å²) < 4.78 is 0. The van der Waals surface area contributed by atoms with E-state index < -0.39 is 0 Å². The predicted octanol–water partition coefficient (Wildman–Crippen LogP) is 4.25. The van der Waals surface area contributed by atoms with Gasteiger partial charge in [-0.15, -0.1) is 0 Å². The first-order chi connectivity index (χ1) is 9.08. The maximum absolute atomic E-state index is 11.5. The largest absolute Gasteiger partial charge is 0.389 e. The SMILES string of the molecule is CC1CC(C)CC(C2(O)CC3CC2C2CCCC32)C1. The van der Waals surface area contributed by atoms with E-state index in [1.807, 2.05) is 0 Å². The monoisotopic (exact) mass is 262 g/mol. The first kappa shape index (κ1) is 12.7. The highest BCUT2D eigenvalue weighted by Gasteiger charge is 2.62. The van der Waals surface area contributed by atoms with Crippen molar-refractivity contribution in [1.29, 1.82) is 0 Å². The van der Waals surface area contributed by atoms with E-state index in [2.05, 4.69) is 13.8 Å². The van der Waals surface area contributed by atoms with Crippen molar-refractivity contribution in [3.8, 4) is 0 Å². The van der Waals surface area contributed by atoms with E-state index in [0.29, 0.717) is 11.8 Å². The molecule has 4 fully saturated rings. The number of aliphatic hydroxyl groups is 1. The molecule has 4 rings (SSSR count). The quantitative estimate of drug-likeness (QED) is 0.749. The van der Waals surface area contributed by atoms with Gasteiger partial charge in [0.15, 0.2) is 0 Å². The smallest absolute Gasteiger partial charge is 0.0709 e. The van der Waals surface area contributed by atoms with Crippen molar-refractivity contribution >= 4 is 0 Å². The van der Waals surface area contributed by atoms with Gasteiger partial charge in [0.25, 0.3) is 0 Å². The molecule has 0 heterocycles. The molecule has 0 aliphatic heterocycles. The molecule has 0 spiro atoms. The molecular weight excluding hydrogens is 232 g/mol. The van der Waals surface area contributed by atoms with Gasteiger partial charge in [0.1, 0.15) is 0 Å². The van der Waals surface area contributed by atoms with E-state index in [-0.39, 0.29) is 5.60 Å². The van der Waals surface area contributed by atoms with Crippen LogP contribution in [0.2, 0.25) is 0 Å². The van der Waals surface area contributed by atoms with Gasteiger partial charge in [-0.1, -0.05) is 20.3 Å². The Labute approximate surface area is 118 Å². The zero-order valence-corrected chi connectivity index (χ0v) is 12.6. The fraction of sp³-hybridized carbons (Fsp3) is 1.00. The van der Waals surface area contributed by atoms with Crippen LogP contribution in [0.25, 0.3) is 0 Å². The molecule has 0 aromatic rings. The fourth-order valence-electron chi connectivity index (χ4n) is 6.98. The van der Waals surface area contributed by atoms with Gasteiger partial charge >= 0.3 is 0 Å². The average molecular weight is 262 g/mol. The van der Waals surface area contributed by atoms with Gasteiger partial charge in [0.05, 0.1) is 5.60 Å². The summed E-state index contributed by atoms with van der Waals surface area (Å²) in [6.45, 7) is 4.80. The molecule has 0 radical (unpaired) electrons. The van der Waals surface area contributed by atoms with Crippen LogP contribution in [0.3, 0.4) is 0 Å². The van der Waals surface area contributed by atoms with Crippen molar-refractivity contribution in [1.82, 2.24) is 0 Å². The van der Waals surface area contributed by atoms with Crippen molar-refractivity contribution in [2.75, 3.05) is 0 Å². The molecule has 4 saturated carbocycles. The van der Waals surface area contributed by atoms with Crippen LogP contribution in [0.1, 0.15) is 65.2 Å². The Bertz CT molecular complexity index is 355. The number of hydrogen-bond acceptors (Lipinski definition) is 1. The van der Waals surface area contributed by atoms with Crippen LogP contribution in [-0.4, -0.2) is 10.7 Å². The van der Waals surface area contributed by atoms with Crippen molar-refractivity contribution in [3.05, 3.63) is 0 Å². The van der Waals surface area contributed by atoms with Crippen molar-refractivity contribution in [3.63, 3.8) is 0 Å². The minimum atomic E-state index is -0.265. The molecule has 0 saturated heterocycles. The minimum absolute atomic E-state index is 0.265. The van der Waals surface area contributed by atoms with Crippen LogP contribution in [0.5, 0.6) is 0 Å². The van der Waals surface area contributed by atoms with Crippen molar-refractivity contribution < 1.29 is 5.11 Å². The van der Waals surface area contributed by atoms with Crippen LogP contribution >= 0.6 is 0 Å². The lowest BCUT2D eigenvalue weighted by molar-refractivity contribution is -0.110. The van der Waals surface area contributed by atoms with E-state index in [4.69, 9.17) is 0 Å². The second-order valence-corrected chi connectivity index (χ2v) is 8.67. The molecule has 1 nitrogen and oxygen atoms in total. The van der Waals surface area contributed by atoms with E-state index in [9.17, 15) is 5.11 Å². The van der Waals surface area contributed by atoms with E-state index in [0.717, 1.165) is 36.0 Å². The standard InChI is InChI=1S/C18H30O/c1-11-6-12(2)8-14(7-11)18(19)10-13-9-17(18)16-5-3-4-15(13)16/h11-17,19H,3-10H2,1-2H3. The number of fused-ring (bicyclic) bond motifs is 5. The van der Waals surface area contributed by atoms with Crippen LogP contribution < -0.4 is 0 Å². The lowest BCUT2D eigenvalue weighted by atomic mass is 9.61. The summed E-state index contributed by atoms with van der Waals surface area (Å²) in [6.07, 6.45) is 10.8. The maximum atomic E-state index is 11.5. The Hall–Kier alpha value is -0.0400. The van der Waals surface area contributed by atoms with E-state index >= 15 is 0 Å². The predicted molar refractivity (Wildman–Crippen MR) is 77.7 cm³/mol. The minimum Gasteiger partial charge on any atom is -0.389 e. The Morgan fingerprint density at radius 1 is 0.895 bits per heavy atom. The lowest BCUT2D eigenvalue weighted by Crippen LogP contribution is -2.49. The highest BCUT2D eigenvalue weighted by molar-refractivity contribution is 5.12. The zero-order valence-electron chi connectivity index (χ0n) is 12.6. The van der Waals surface area contributed by atoms with Crippen molar-refractivity contribution in [2.45, 2.75) is 70.8 Å². The lowest BCUT2D eigenvalue weighted by Gasteiger charge is -2.47. The third-order valence-electron chi connectivity index (χ3n) is 7.42. The summed E-state index contributed by atoms with van der Waals surface area (Å²) in [5, 5.41) is 11.5. The summed E-state index contributed by atoms with van der Waals surface area (Å²) >= 11 is 0. The normalized spacial score (nSPS) is 60.5. The van der Waals surface area contributed by atoms with Crippen LogP contribution in [-0.2, 0) is 0 Å². The molecule has 2 bridgehead atoms. The molecule has 4 aliphatic carbocycles. The van der Waals surface area contributed by atoms with Gasteiger partial charge in [-0.3, -0.25) is 0 Å². The van der Waals surface area contributed by atoms with Crippen LogP contribution in [0.15, 0.2) is 0 Å². The molecule has 108 valence electrons. The molecule has 1 heteroatoms. The van der Waals surface area contributed by atoms with Gasteiger partial charge in [-0.25, -0.2) is 0 Å². The molecule has 7 atom stereocenters. The summed E-state index contributed by atoms with van der Waals surface area (Å²) in [7, 11) is 0. The Morgan fingerprint density at radius 2 is 1.58 bits per heavy atom. The Morgan fingerprint density at radius 3 is 2.32 bits per heavy atom. The molecule has 1 N–H and O–H groups in total. The van der Waals surface area contributed by atoms with Gasteiger partial charge in [0.2, 0.25) is 0 Å². The highest BCUT2D eigenvalue weighted by atomic mass is 16.3. The molecule has 4 aliphatic rings. The van der Waals surface area contributed by atoms with Gasteiger partial charge in [-0.05, 0) is 86.4 Å². The second kappa shape index (κ2) is 4.23. The molecular formula is C18H30O. The van der Waals surface area contributed by atoms with Gasteiger partial charge in [0, 0.05) is 0 Å². The Balaban J connectivity index is 1.57. The Kier molecular flexibility index (Phi) is 2.82.